The summed E-state index contributed by atoms with van der Waals surface area (Å²) in [5.41, 5.74) is 3.24. The van der Waals surface area contributed by atoms with E-state index in [4.69, 9.17) is 5.11 Å². The fraction of sp³-hybridized carbons (Fsp3) is 0.400. The molecule has 1 aromatic carbocycles. The van der Waals surface area contributed by atoms with Gasteiger partial charge in [-0.2, -0.15) is 13.2 Å². The van der Waals surface area contributed by atoms with Crippen LogP contribution in [0.1, 0.15) is 67.5 Å². The van der Waals surface area contributed by atoms with Crippen molar-refractivity contribution in [2.24, 2.45) is 0 Å². The van der Waals surface area contributed by atoms with Crippen molar-refractivity contribution in [2.45, 2.75) is 64.0 Å². The van der Waals surface area contributed by atoms with Gasteiger partial charge in [-0.1, -0.05) is 50.3 Å². The molecule has 0 unspecified atom stereocenters. The fourth-order valence-corrected chi connectivity index (χ4v) is 3.27. The molecule has 0 atom stereocenters. The van der Waals surface area contributed by atoms with Gasteiger partial charge in [0.2, 0.25) is 5.76 Å². The van der Waals surface area contributed by atoms with Gasteiger partial charge in [-0.05, 0) is 43.0 Å². The molecule has 0 amide bonds. The predicted molar refractivity (Wildman–Crippen MR) is 120 cm³/mol. The highest BCUT2D eigenvalue weighted by molar-refractivity contribution is 5.84. The number of nitrogens with zero attached hydrogens (tertiary/aromatic N) is 2. The maximum Gasteiger partial charge on any atom is 0.389 e. The molecule has 8 heteroatoms. The lowest BCUT2D eigenvalue weighted by Crippen LogP contribution is -2.06. The Morgan fingerprint density at radius 2 is 1.67 bits per heavy atom. The second-order valence-electron chi connectivity index (χ2n) is 7.66. The third kappa shape index (κ3) is 11.3. The van der Waals surface area contributed by atoms with Crippen LogP contribution in [0, 0.1) is 0 Å². The molecule has 3 rings (SSSR count). The van der Waals surface area contributed by atoms with Crippen LogP contribution in [-0.4, -0.2) is 27.2 Å². The Bertz CT molecular complexity index is 930. The number of rotatable bonds is 11. The van der Waals surface area contributed by atoms with Gasteiger partial charge in [0.25, 0.3) is 0 Å². The number of hydrogen-bond acceptors (Lipinski definition) is 4. The molecule has 0 aliphatic carbocycles. The molecule has 0 fully saturated rings. The lowest BCUT2D eigenvalue weighted by molar-refractivity contribution is -0.135. The van der Waals surface area contributed by atoms with Crippen molar-refractivity contribution < 1.29 is 27.5 Å². The zero-order valence-electron chi connectivity index (χ0n) is 18.4. The highest BCUT2D eigenvalue weighted by Gasteiger charge is 2.25. The summed E-state index contributed by atoms with van der Waals surface area (Å²) in [6.07, 6.45) is 9.00. The summed E-state index contributed by atoms with van der Waals surface area (Å²) in [5, 5.41) is 8.18. The van der Waals surface area contributed by atoms with Crippen molar-refractivity contribution in [1.82, 2.24) is 9.97 Å². The molecule has 2 aromatic heterocycles. The molecule has 0 aliphatic heterocycles. The van der Waals surface area contributed by atoms with Crippen molar-refractivity contribution in [1.29, 1.82) is 0 Å². The molecule has 0 aliphatic rings. The Hall–Kier alpha value is -3.16. The molecule has 0 spiro atoms. The average molecular weight is 463 g/mol. The maximum atomic E-state index is 12.0. The largest absolute Gasteiger partial charge is 0.475 e. The minimum atomic E-state index is -4.00. The maximum absolute atomic E-state index is 12.0. The van der Waals surface area contributed by atoms with E-state index in [9.17, 15) is 18.0 Å². The number of unbranched alkanes of at least 4 members (excludes halogenated alkanes) is 6. The summed E-state index contributed by atoms with van der Waals surface area (Å²) in [4.78, 5) is 18.4. The molecule has 0 radical (unpaired) electrons. The van der Waals surface area contributed by atoms with Crippen molar-refractivity contribution in [3.63, 3.8) is 0 Å². The highest BCUT2D eigenvalue weighted by Crippen LogP contribution is 2.23. The molecular formula is C25H29F3N2O3. The first-order valence-electron chi connectivity index (χ1n) is 11.0. The van der Waals surface area contributed by atoms with Crippen LogP contribution in [-0.2, 0) is 6.42 Å². The molecule has 1 N–H and O–H groups in total. The summed E-state index contributed by atoms with van der Waals surface area (Å²) in [7, 11) is 0. The molecule has 0 saturated carbocycles. The van der Waals surface area contributed by atoms with Gasteiger partial charge >= 0.3 is 12.1 Å². The van der Waals surface area contributed by atoms with Crippen LogP contribution < -0.4 is 0 Å². The number of aryl methyl sites for hydroxylation is 1. The third-order valence-electron chi connectivity index (χ3n) is 4.94. The first kappa shape index (κ1) is 26.1. The van der Waals surface area contributed by atoms with Gasteiger partial charge in [-0.25, -0.2) is 4.79 Å². The number of aromatic nitrogens is 2. The van der Waals surface area contributed by atoms with Gasteiger partial charge in [-0.15, -0.1) is 0 Å². The van der Waals surface area contributed by atoms with Crippen molar-refractivity contribution in [3.8, 4) is 11.3 Å². The smallest absolute Gasteiger partial charge is 0.389 e. The first-order chi connectivity index (χ1) is 15.8. The monoisotopic (exact) mass is 462 g/mol. The van der Waals surface area contributed by atoms with Crippen molar-refractivity contribution >= 4 is 5.97 Å². The van der Waals surface area contributed by atoms with E-state index in [-0.39, 0.29) is 12.2 Å². The Morgan fingerprint density at radius 3 is 2.24 bits per heavy atom. The van der Waals surface area contributed by atoms with Gasteiger partial charge in [0.1, 0.15) is 0 Å². The van der Waals surface area contributed by atoms with Crippen LogP contribution in [0.4, 0.5) is 13.2 Å². The molecule has 33 heavy (non-hydrogen) atoms. The van der Waals surface area contributed by atoms with Crippen LogP contribution in [0.15, 0.2) is 65.7 Å². The lowest BCUT2D eigenvalue weighted by atomic mass is 10.0. The van der Waals surface area contributed by atoms with E-state index in [1.54, 1.807) is 18.6 Å². The summed E-state index contributed by atoms with van der Waals surface area (Å²) < 4.78 is 40.6. The second kappa shape index (κ2) is 14.1. The van der Waals surface area contributed by atoms with E-state index in [0.717, 1.165) is 49.8 Å². The summed E-state index contributed by atoms with van der Waals surface area (Å²) in [6.45, 7) is 0. The van der Waals surface area contributed by atoms with Gasteiger partial charge in [0.15, 0.2) is 0 Å². The van der Waals surface area contributed by atoms with Crippen LogP contribution in [0.3, 0.4) is 0 Å². The van der Waals surface area contributed by atoms with E-state index in [1.807, 2.05) is 12.1 Å². The molecule has 5 nitrogen and oxygen atoms in total. The van der Waals surface area contributed by atoms with Crippen molar-refractivity contribution in [2.75, 3.05) is 0 Å². The van der Waals surface area contributed by atoms with E-state index in [2.05, 4.69) is 26.5 Å². The van der Waals surface area contributed by atoms with Gasteiger partial charge in [0, 0.05) is 24.4 Å². The number of carboxylic acid groups (broad SMARTS) is 1. The number of carboxylic acids is 1. The number of benzene rings is 1. The molecule has 0 saturated heterocycles. The fourth-order valence-electron chi connectivity index (χ4n) is 3.27. The molecule has 0 bridgehead atoms. The Labute approximate surface area is 191 Å². The minimum absolute atomic E-state index is 0.0231. The van der Waals surface area contributed by atoms with Crippen LogP contribution in [0.2, 0.25) is 0 Å². The standard InChI is InChI=1S/C20H25F3N2.C5H4O3/c21-20(22,23)12-7-5-3-1-2-4-6-9-17-10-8-11-18(15-17)19-16-24-13-14-25-19;6-5(7)4-2-1-3-8-4/h8,10-11,13-16H,1-7,9,12H2;1-3H,(H,6,7). The number of halogens is 3. The molecule has 3 aromatic rings. The molecule has 2 heterocycles. The van der Waals surface area contributed by atoms with Crippen molar-refractivity contribution in [3.05, 3.63) is 72.6 Å². The van der Waals surface area contributed by atoms with Crippen LogP contribution >= 0.6 is 0 Å². The van der Waals surface area contributed by atoms with E-state index in [1.165, 1.54) is 24.0 Å². The first-order valence-corrected chi connectivity index (χ1v) is 11.0. The lowest BCUT2D eigenvalue weighted by Gasteiger charge is -2.06. The third-order valence-corrected chi connectivity index (χ3v) is 4.94. The Morgan fingerprint density at radius 1 is 0.939 bits per heavy atom. The Balaban J connectivity index is 0.000000405. The number of aromatic carboxylic acids is 1. The van der Waals surface area contributed by atoms with E-state index in [0.29, 0.717) is 6.42 Å². The van der Waals surface area contributed by atoms with Crippen LogP contribution in [0.25, 0.3) is 11.3 Å². The van der Waals surface area contributed by atoms with Gasteiger partial charge in [-0.3, -0.25) is 9.97 Å². The average Bonchev–Trinajstić information content (AvgIpc) is 3.34. The van der Waals surface area contributed by atoms with E-state index >= 15 is 0 Å². The minimum Gasteiger partial charge on any atom is -0.475 e. The summed E-state index contributed by atoms with van der Waals surface area (Å²) in [6, 6.07) is 11.3. The number of furan rings is 1. The normalized spacial score (nSPS) is 11.0. The number of carbonyl (C=O) groups is 1. The summed E-state index contributed by atoms with van der Waals surface area (Å²) in [5.74, 6) is -1.06. The molecule has 178 valence electrons. The zero-order chi connectivity index (χ0) is 23.9. The predicted octanol–water partition coefficient (Wildman–Crippen LogP) is 7.35. The summed E-state index contributed by atoms with van der Waals surface area (Å²) >= 11 is 0. The van der Waals surface area contributed by atoms with Crippen LogP contribution in [0.5, 0.6) is 0 Å². The SMILES string of the molecule is FC(F)(F)CCCCCCCCCc1cccc(-c2cnccn2)c1.O=C(O)c1ccco1. The number of hydrogen-bond donors (Lipinski definition) is 1. The van der Waals surface area contributed by atoms with E-state index < -0.39 is 18.6 Å². The molecular weight excluding hydrogens is 433 g/mol. The highest BCUT2D eigenvalue weighted by atomic mass is 19.4. The van der Waals surface area contributed by atoms with Gasteiger partial charge in [0.05, 0.1) is 18.2 Å². The second-order valence-corrected chi connectivity index (χ2v) is 7.66. The zero-order valence-corrected chi connectivity index (χ0v) is 18.4. The quantitative estimate of drug-likeness (QED) is 0.302. The number of alkyl halides is 3. The topological polar surface area (TPSA) is 76.2 Å². The van der Waals surface area contributed by atoms with Gasteiger partial charge < -0.3 is 9.52 Å². The Kier molecular flexibility index (Phi) is 11.1.